The summed E-state index contributed by atoms with van der Waals surface area (Å²) in [6.45, 7) is 6.64. The highest BCUT2D eigenvalue weighted by atomic mass is 79.9. The fraction of sp³-hybridized carbons (Fsp3) is 0.600. The minimum Gasteiger partial charge on any atom is -0.495 e. The predicted molar refractivity (Wildman–Crippen MR) is 84.2 cm³/mol. The van der Waals surface area contributed by atoms with E-state index in [4.69, 9.17) is 4.74 Å². The maximum atomic E-state index is 5.39. The summed E-state index contributed by atoms with van der Waals surface area (Å²) in [6.07, 6.45) is 2.41. The van der Waals surface area contributed by atoms with Crippen molar-refractivity contribution in [2.75, 3.05) is 25.1 Å². The molecular weight excluding hydrogens is 304 g/mol. The van der Waals surface area contributed by atoms with E-state index in [1.54, 1.807) is 7.11 Å². The molecule has 2 atom stereocenters. The Morgan fingerprint density at radius 1 is 1.47 bits per heavy atom. The highest BCUT2D eigenvalue weighted by Crippen LogP contribution is 2.32. The van der Waals surface area contributed by atoms with Gasteiger partial charge in [-0.15, -0.1) is 0 Å². The molecule has 4 heteroatoms. The van der Waals surface area contributed by atoms with Crippen LogP contribution >= 0.6 is 15.9 Å². The second-order valence-electron chi connectivity index (χ2n) is 5.14. The van der Waals surface area contributed by atoms with Gasteiger partial charge in [0.1, 0.15) is 5.75 Å². The summed E-state index contributed by atoms with van der Waals surface area (Å²) in [6, 6.07) is 7.57. The van der Waals surface area contributed by atoms with Crippen molar-refractivity contribution in [1.82, 2.24) is 5.32 Å². The zero-order chi connectivity index (χ0) is 13.8. The minimum atomic E-state index is 0.559. The van der Waals surface area contributed by atoms with E-state index in [-0.39, 0.29) is 0 Å². The fourth-order valence-electron chi connectivity index (χ4n) is 2.86. The number of piperidine rings is 1. The third kappa shape index (κ3) is 3.42. The Morgan fingerprint density at radius 3 is 2.89 bits per heavy atom. The van der Waals surface area contributed by atoms with E-state index in [1.165, 1.54) is 18.5 Å². The molecule has 0 aliphatic carbocycles. The van der Waals surface area contributed by atoms with E-state index in [2.05, 4.69) is 58.2 Å². The van der Waals surface area contributed by atoms with E-state index in [0.29, 0.717) is 12.1 Å². The predicted octanol–water partition coefficient (Wildman–Crippen LogP) is 3.42. The van der Waals surface area contributed by atoms with Gasteiger partial charge < -0.3 is 15.0 Å². The molecule has 0 saturated carbocycles. The van der Waals surface area contributed by atoms with Gasteiger partial charge in [0.05, 0.1) is 11.6 Å². The average molecular weight is 327 g/mol. The lowest BCUT2D eigenvalue weighted by molar-refractivity contribution is 0.373. The third-order valence-electron chi connectivity index (χ3n) is 3.84. The Bertz CT molecular complexity index is 425. The number of rotatable bonds is 4. The molecule has 1 heterocycles. The minimum absolute atomic E-state index is 0.559. The molecule has 1 aliphatic heterocycles. The van der Waals surface area contributed by atoms with Crippen LogP contribution in [0.15, 0.2) is 22.7 Å². The average Bonchev–Trinajstić information content (AvgIpc) is 2.40. The molecule has 106 valence electrons. The Hall–Kier alpha value is -0.740. The van der Waals surface area contributed by atoms with Crippen molar-refractivity contribution in [3.8, 4) is 5.75 Å². The van der Waals surface area contributed by atoms with Crippen LogP contribution in [0.5, 0.6) is 5.75 Å². The van der Waals surface area contributed by atoms with Gasteiger partial charge in [-0.05, 0) is 54.4 Å². The van der Waals surface area contributed by atoms with Crippen molar-refractivity contribution in [1.29, 1.82) is 0 Å². The van der Waals surface area contributed by atoms with Crippen molar-refractivity contribution in [2.24, 2.45) is 0 Å². The standard InChI is InChI=1S/C15H23BrN2O/c1-4-17-12-7-8-18(11(2)9-12)13-5-6-14(16)15(10-13)19-3/h5-6,10-12,17H,4,7-9H2,1-3H3. The lowest BCUT2D eigenvalue weighted by atomic mass is 9.97. The van der Waals surface area contributed by atoms with Crippen LogP contribution in [0, 0.1) is 0 Å². The van der Waals surface area contributed by atoms with Gasteiger partial charge >= 0.3 is 0 Å². The summed E-state index contributed by atoms with van der Waals surface area (Å²) < 4.78 is 6.39. The number of methoxy groups -OCH3 is 1. The Morgan fingerprint density at radius 2 is 2.26 bits per heavy atom. The van der Waals surface area contributed by atoms with Crippen molar-refractivity contribution < 1.29 is 4.74 Å². The van der Waals surface area contributed by atoms with Gasteiger partial charge in [0, 0.05) is 30.4 Å². The zero-order valence-electron chi connectivity index (χ0n) is 11.9. The second kappa shape index (κ2) is 6.62. The largest absolute Gasteiger partial charge is 0.495 e. The first-order valence-corrected chi connectivity index (χ1v) is 7.78. The topological polar surface area (TPSA) is 24.5 Å². The van der Waals surface area contributed by atoms with Gasteiger partial charge in [-0.2, -0.15) is 0 Å². The zero-order valence-corrected chi connectivity index (χ0v) is 13.5. The van der Waals surface area contributed by atoms with E-state index in [1.807, 2.05) is 0 Å². The van der Waals surface area contributed by atoms with Gasteiger partial charge in [0.25, 0.3) is 0 Å². The highest BCUT2D eigenvalue weighted by molar-refractivity contribution is 9.10. The van der Waals surface area contributed by atoms with Crippen LogP contribution in [0.1, 0.15) is 26.7 Å². The molecule has 1 N–H and O–H groups in total. The van der Waals surface area contributed by atoms with E-state index in [0.717, 1.165) is 23.3 Å². The van der Waals surface area contributed by atoms with Crippen LogP contribution in [-0.2, 0) is 0 Å². The quantitative estimate of drug-likeness (QED) is 0.917. The molecule has 1 fully saturated rings. The van der Waals surface area contributed by atoms with Gasteiger partial charge in [0.2, 0.25) is 0 Å². The van der Waals surface area contributed by atoms with Gasteiger partial charge in [-0.25, -0.2) is 0 Å². The molecular formula is C15H23BrN2O. The summed E-state index contributed by atoms with van der Waals surface area (Å²) in [5.41, 5.74) is 1.25. The smallest absolute Gasteiger partial charge is 0.135 e. The van der Waals surface area contributed by atoms with Crippen molar-refractivity contribution in [2.45, 2.75) is 38.8 Å². The number of anilines is 1. The molecule has 1 saturated heterocycles. The van der Waals surface area contributed by atoms with Crippen LogP contribution in [-0.4, -0.2) is 32.3 Å². The molecule has 19 heavy (non-hydrogen) atoms. The normalized spacial score (nSPS) is 23.5. The number of hydrogen-bond donors (Lipinski definition) is 1. The van der Waals surface area contributed by atoms with Crippen molar-refractivity contribution >= 4 is 21.6 Å². The number of halogens is 1. The molecule has 0 radical (unpaired) electrons. The first-order valence-electron chi connectivity index (χ1n) is 6.99. The summed E-state index contributed by atoms with van der Waals surface area (Å²) in [5, 5.41) is 3.56. The lowest BCUT2D eigenvalue weighted by Gasteiger charge is -2.39. The van der Waals surface area contributed by atoms with Gasteiger partial charge in [0.15, 0.2) is 0 Å². The number of hydrogen-bond acceptors (Lipinski definition) is 3. The number of nitrogens with zero attached hydrogens (tertiary/aromatic N) is 1. The van der Waals surface area contributed by atoms with Crippen molar-refractivity contribution in [3.05, 3.63) is 22.7 Å². The SMILES string of the molecule is CCNC1CCN(c2ccc(Br)c(OC)c2)C(C)C1. The number of ether oxygens (including phenoxy) is 1. The van der Waals surface area contributed by atoms with Crippen LogP contribution in [0.2, 0.25) is 0 Å². The molecule has 1 aliphatic rings. The monoisotopic (exact) mass is 326 g/mol. The lowest BCUT2D eigenvalue weighted by Crippen LogP contribution is -2.47. The third-order valence-corrected chi connectivity index (χ3v) is 4.49. The molecule has 0 amide bonds. The van der Waals surface area contributed by atoms with E-state index < -0.39 is 0 Å². The molecule has 2 unspecified atom stereocenters. The fourth-order valence-corrected chi connectivity index (χ4v) is 3.27. The van der Waals surface area contributed by atoms with Crippen LogP contribution in [0.4, 0.5) is 5.69 Å². The Balaban J connectivity index is 2.10. The summed E-state index contributed by atoms with van der Waals surface area (Å²) in [4.78, 5) is 2.48. The first-order chi connectivity index (χ1) is 9.15. The number of benzene rings is 1. The van der Waals surface area contributed by atoms with Crippen molar-refractivity contribution in [3.63, 3.8) is 0 Å². The second-order valence-corrected chi connectivity index (χ2v) is 5.99. The van der Waals surface area contributed by atoms with Crippen LogP contribution < -0.4 is 15.0 Å². The molecule has 0 bridgehead atoms. The maximum absolute atomic E-state index is 5.39. The van der Waals surface area contributed by atoms with Crippen LogP contribution in [0.25, 0.3) is 0 Å². The summed E-state index contributed by atoms with van der Waals surface area (Å²) in [5.74, 6) is 0.901. The van der Waals surface area contributed by atoms with E-state index in [9.17, 15) is 0 Å². The Kier molecular flexibility index (Phi) is 5.11. The molecule has 2 rings (SSSR count). The molecule has 1 aromatic rings. The molecule has 1 aromatic carbocycles. The molecule has 3 nitrogen and oxygen atoms in total. The summed E-state index contributed by atoms with van der Waals surface area (Å²) in [7, 11) is 1.71. The van der Waals surface area contributed by atoms with Gasteiger partial charge in [-0.3, -0.25) is 0 Å². The highest BCUT2D eigenvalue weighted by Gasteiger charge is 2.25. The van der Waals surface area contributed by atoms with Crippen LogP contribution in [0.3, 0.4) is 0 Å². The maximum Gasteiger partial charge on any atom is 0.135 e. The summed E-state index contributed by atoms with van der Waals surface area (Å²) >= 11 is 3.51. The van der Waals surface area contributed by atoms with Gasteiger partial charge in [-0.1, -0.05) is 6.92 Å². The first kappa shape index (κ1) is 14.7. The molecule has 0 aromatic heterocycles. The Labute approximate surface area is 124 Å². The number of nitrogens with one attached hydrogen (secondary N) is 1. The van der Waals surface area contributed by atoms with E-state index >= 15 is 0 Å². The molecule has 0 spiro atoms.